The Kier molecular flexibility index (Phi) is 2.65. The quantitative estimate of drug-likeness (QED) is 0.563. The Morgan fingerprint density at radius 2 is 2.40 bits per heavy atom. The van der Waals surface area contributed by atoms with E-state index in [0.717, 1.165) is 13.2 Å². The van der Waals surface area contributed by atoms with E-state index in [-0.39, 0.29) is 0 Å². The summed E-state index contributed by atoms with van der Waals surface area (Å²) in [5.74, 6) is 6.32. The van der Waals surface area contributed by atoms with Crippen molar-refractivity contribution in [3.63, 3.8) is 0 Å². The number of nitrogens with two attached hydrogens (primary N) is 1. The number of hydrogen-bond donors (Lipinski definition) is 1. The van der Waals surface area contributed by atoms with E-state index in [1.807, 2.05) is 5.01 Å². The highest BCUT2D eigenvalue weighted by Gasteiger charge is 2.26. The summed E-state index contributed by atoms with van der Waals surface area (Å²) in [7, 11) is 1.74. The van der Waals surface area contributed by atoms with Gasteiger partial charge in [-0.25, -0.2) is 5.01 Å². The summed E-state index contributed by atoms with van der Waals surface area (Å²) in [4.78, 5) is 0. The molecule has 2 unspecified atom stereocenters. The second kappa shape index (κ2) is 3.32. The summed E-state index contributed by atoms with van der Waals surface area (Å²) in [6, 6.07) is 0.528. The van der Waals surface area contributed by atoms with Gasteiger partial charge in [-0.2, -0.15) is 0 Å². The normalized spacial score (nSPS) is 35.1. The molecule has 0 aromatic carbocycles. The molecule has 0 aromatic rings. The Bertz CT molecular complexity index is 97.8. The van der Waals surface area contributed by atoms with Crippen molar-refractivity contribution in [2.45, 2.75) is 19.4 Å². The van der Waals surface area contributed by atoms with Crippen molar-refractivity contribution in [1.82, 2.24) is 5.01 Å². The number of hydrazine groups is 1. The van der Waals surface area contributed by atoms with E-state index in [1.54, 1.807) is 7.11 Å². The van der Waals surface area contributed by atoms with Crippen LogP contribution < -0.4 is 5.84 Å². The van der Waals surface area contributed by atoms with Crippen LogP contribution in [-0.4, -0.2) is 31.3 Å². The summed E-state index contributed by atoms with van der Waals surface area (Å²) in [5, 5.41) is 1.89. The van der Waals surface area contributed by atoms with Gasteiger partial charge in [-0.3, -0.25) is 5.84 Å². The van der Waals surface area contributed by atoms with E-state index >= 15 is 0 Å². The van der Waals surface area contributed by atoms with Gasteiger partial charge in [0.15, 0.2) is 0 Å². The standard InChI is InChI=1S/C7H16N2O/c1-6-3-7(5-10-2)4-9(6)8/h6-7H,3-5,8H2,1-2H3. The van der Waals surface area contributed by atoms with Crippen LogP contribution in [0.3, 0.4) is 0 Å². The van der Waals surface area contributed by atoms with Crippen LogP contribution in [0.25, 0.3) is 0 Å². The SMILES string of the molecule is COCC1CC(C)N(N)C1. The number of rotatable bonds is 2. The molecule has 1 saturated heterocycles. The largest absolute Gasteiger partial charge is 0.384 e. The maximum absolute atomic E-state index is 5.68. The van der Waals surface area contributed by atoms with Gasteiger partial charge >= 0.3 is 0 Å². The van der Waals surface area contributed by atoms with Gasteiger partial charge in [0.1, 0.15) is 0 Å². The topological polar surface area (TPSA) is 38.5 Å². The first-order valence-corrected chi connectivity index (χ1v) is 3.74. The molecule has 3 heteroatoms. The van der Waals surface area contributed by atoms with Gasteiger partial charge in [-0.15, -0.1) is 0 Å². The minimum atomic E-state index is 0.528. The minimum Gasteiger partial charge on any atom is -0.384 e. The van der Waals surface area contributed by atoms with E-state index in [2.05, 4.69) is 6.92 Å². The molecule has 0 bridgehead atoms. The fourth-order valence-electron chi connectivity index (χ4n) is 1.53. The van der Waals surface area contributed by atoms with E-state index in [1.165, 1.54) is 6.42 Å². The molecule has 3 nitrogen and oxygen atoms in total. The number of methoxy groups -OCH3 is 1. The minimum absolute atomic E-state index is 0.528. The van der Waals surface area contributed by atoms with Crippen LogP contribution in [0, 0.1) is 5.92 Å². The van der Waals surface area contributed by atoms with Gasteiger partial charge in [0, 0.05) is 19.7 Å². The van der Waals surface area contributed by atoms with Crippen molar-refractivity contribution >= 4 is 0 Å². The lowest BCUT2D eigenvalue weighted by Crippen LogP contribution is -2.34. The Balaban J connectivity index is 2.27. The maximum atomic E-state index is 5.68. The van der Waals surface area contributed by atoms with Crippen molar-refractivity contribution in [2.75, 3.05) is 20.3 Å². The third kappa shape index (κ3) is 1.68. The predicted octanol–water partition coefficient (Wildman–Crippen LogP) is 0.217. The van der Waals surface area contributed by atoms with E-state index in [4.69, 9.17) is 10.6 Å². The van der Waals surface area contributed by atoms with Gasteiger partial charge in [-0.05, 0) is 19.3 Å². The Hall–Kier alpha value is -0.120. The number of ether oxygens (including phenoxy) is 1. The maximum Gasteiger partial charge on any atom is 0.0503 e. The Labute approximate surface area is 62.1 Å². The van der Waals surface area contributed by atoms with E-state index in [0.29, 0.717) is 12.0 Å². The summed E-state index contributed by atoms with van der Waals surface area (Å²) >= 11 is 0. The van der Waals surface area contributed by atoms with Crippen LogP contribution in [0.2, 0.25) is 0 Å². The average molecular weight is 144 g/mol. The average Bonchev–Trinajstić information content (AvgIpc) is 2.14. The highest BCUT2D eigenvalue weighted by Crippen LogP contribution is 2.19. The van der Waals surface area contributed by atoms with Crippen molar-refractivity contribution in [1.29, 1.82) is 0 Å². The third-order valence-corrected chi connectivity index (χ3v) is 2.11. The molecular weight excluding hydrogens is 128 g/mol. The zero-order valence-electron chi connectivity index (χ0n) is 6.71. The second-order valence-electron chi connectivity index (χ2n) is 3.10. The first kappa shape index (κ1) is 7.98. The van der Waals surface area contributed by atoms with E-state index < -0.39 is 0 Å². The molecule has 0 aromatic heterocycles. The predicted molar refractivity (Wildman–Crippen MR) is 40.3 cm³/mol. The molecule has 60 valence electrons. The zero-order chi connectivity index (χ0) is 7.56. The van der Waals surface area contributed by atoms with Gasteiger partial charge in [0.05, 0.1) is 6.61 Å². The molecule has 10 heavy (non-hydrogen) atoms. The first-order chi connectivity index (χ1) is 4.74. The molecule has 0 amide bonds. The lowest BCUT2D eigenvalue weighted by Gasteiger charge is -2.12. The van der Waals surface area contributed by atoms with Crippen LogP contribution in [0.15, 0.2) is 0 Å². The molecule has 2 N–H and O–H groups in total. The van der Waals surface area contributed by atoms with Crippen LogP contribution >= 0.6 is 0 Å². The number of hydrogen-bond acceptors (Lipinski definition) is 3. The second-order valence-corrected chi connectivity index (χ2v) is 3.10. The van der Waals surface area contributed by atoms with Gasteiger partial charge in [-0.1, -0.05) is 0 Å². The fourth-order valence-corrected chi connectivity index (χ4v) is 1.53. The molecule has 0 saturated carbocycles. The van der Waals surface area contributed by atoms with E-state index in [9.17, 15) is 0 Å². The zero-order valence-corrected chi connectivity index (χ0v) is 6.71. The van der Waals surface area contributed by atoms with Crippen LogP contribution in [0.4, 0.5) is 0 Å². The van der Waals surface area contributed by atoms with Crippen molar-refractivity contribution in [2.24, 2.45) is 11.8 Å². The monoisotopic (exact) mass is 144 g/mol. The Morgan fingerprint density at radius 3 is 2.80 bits per heavy atom. The smallest absolute Gasteiger partial charge is 0.0503 e. The summed E-state index contributed by atoms with van der Waals surface area (Å²) in [6.07, 6.45) is 1.17. The summed E-state index contributed by atoms with van der Waals surface area (Å²) in [5.41, 5.74) is 0. The van der Waals surface area contributed by atoms with Crippen molar-refractivity contribution in [3.05, 3.63) is 0 Å². The molecule has 1 heterocycles. The molecule has 0 radical (unpaired) electrons. The molecule has 1 fully saturated rings. The lowest BCUT2D eigenvalue weighted by atomic mass is 10.1. The molecule has 0 spiro atoms. The molecular formula is C7H16N2O. The van der Waals surface area contributed by atoms with Crippen molar-refractivity contribution < 1.29 is 4.74 Å². The van der Waals surface area contributed by atoms with Gasteiger partial charge < -0.3 is 4.74 Å². The fraction of sp³-hybridized carbons (Fsp3) is 1.00. The molecule has 0 aliphatic carbocycles. The summed E-state index contributed by atoms with van der Waals surface area (Å²) in [6.45, 7) is 3.97. The highest BCUT2D eigenvalue weighted by atomic mass is 16.5. The molecule has 1 aliphatic heterocycles. The van der Waals surface area contributed by atoms with Crippen LogP contribution in [0.1, 0.15) is 13.3 Å². The Morgan fingerprint density at radius 1 is 1.70 bits per heavy atom. The van der Waals surface area contributed by atoms with Crippen LogP contribution in [0.5, 0.6) is 0 Å². The highest BCUT2D eigenvalue weighted by molar-refractivity contribution is 4.78. The lowest BCUT2D eigenvalue weighted by molar-refractivity contribution is 0.153. The molecule has 1 rings (SSSR count). The van der Waals surface area contributed by atoms with Gasteiger partial charge in [0.25, 0.3) is 0 Å². The molecule has 2 atom stereocenters. The first-order valence-electron chi connectivity index (χ1n) is 3.74. The van der Waals surface area contributed by atoms with Crippen molar-refractivity contribution in [3.8, 4) is 0 Å². The third-order valence-electron chi connectivity index (χ3n) is 2.11. The molecule has 1 aliphatic rings. The number of nitrogens with zero attached hydrogens (tertiary/aromatic N) is 1. The summed E-state index contributed by atoms with van der Waals surface area (Å²) < 4.78 is 5.04. The van der Waals surface area contributed by atoms with Gasteiger partial charge in [0.2, 0.25) is 0 Å². The van der Waals surface area contributed by atoms with Crippen LogP contribution in [-0.2, 0) is 4.74 Å².